The highest BCUT2D eigenvalue weighted by atomic mass is 32.1. The molecule has 0 amide bonds. The molecule has 2 unspecified atom stereocenters. The van der Waals surface area contributed by atoms with Crippen molar-refractivity contribution < 1.29 is 14.6 Å². The maximum absolute atomic E-state index is 9.81. The molecule has 1 aromatic rings. The van der Waals surface area contributed by atoms with Crippen molar-refractivity contribution in [1.29, 1.82) is 0 Å². The van der Waals surface area contributed by atoms with Gasteiger partial charge in [0.25, 0.3) is 0 Å². The molecular formula is C14H26N2O3S. The molecule has 1 heterocycles. The van der Waals surface area contributed by atoms with E-state index in [2.05, 4.69) is 17.2 Å². The summed E-state index contributed by atoms with van der Waals surface area (Å²) in [4.78, 5) is 5.45. The molecule has 2 N–H and O–H groups in total. The Balaban J connectivity index is 2.02. The predicted molar refractivity (Wildman–Crippen MR) is 81.3 cm³/mol. The minimum absolute atomic E-state index is 0.337. The van der Waals surface area contributed by atoms with Gasteiger partial charge in [0.15, 0.2) is 0 Å². The fourth-order valence-electron chi connectivity index (χ4n) is 1.74. The Morgan fingerprint density at radius 2 is 2.25 bits per heavy atom. The topological polar surface area (TPSA) is 63.6 Å². The molecule has 0 aliphatic rings. The Morgan fingerprint density at radius 1 is 1.45 bits per heavy atom. The van der Waals surface area contributed by atoms with E-state index in [4.69, 9.17) is 9.47 Å². The Bertz CT molecular complexity index is 360. The second-order valence-electron chi connectivity index (χ2n) is 4.93. The van der Waals surface area contributed by atoms with Gasteiger partial charge in [-0.05, 0) is 20.3 Å². The zero-order chi connectivity index (χ0) is 14.8. The molecule has 0 spiro atoms. The lowest BCUT2D eigenvalue weighted by Gasteiger charge is -2.17. The zero-order valence-corrected chi connectivity index (χ0v) is 13.4. The standard InChI is InChI=1S/C14H26N2O3S/c1-11(4-6-18-3)15-8-13(17)9-19-7-5-14-12(2)16-10-20-14/h10-11,13,15,17H,4-9H2,1-3H3. The number of hydrogen-bond donors (Lipinski definition) is 2. The van der Waals surface area contributed by atoms with E-state index in [1.807, 2.05) is 12.4 Å². The summed E-state index contributed by atoms with van der Waals surface area (Å²) in [6.45, 7) is 6.35. The van der Waals surface area contributed by atoms with Crippen molar-refractivity contribution in [3.63, 3.8) is 0 Å². The maximum Gasteiger partial charge on any atom is 0.0897 e. The summed E-state index contributed by atoms with van der Waals surface area (Å²) in [6, 6.07) is 0.337. The summed E-state index contributed by atoms with van der Waals surface area (Å²) in [5.74, 6) is 0. The molecule has 2 atom stereocenters. The third-order valence-corrected chi connectivity index (χ3v) is 4.08. The molecule has 1 rings (SSSR count). The van der Waals surface area contributed by atoms with Crippen LogP contribution in [-0.2, 0) is 15.9 Å². The van der Waals surface area contributed by atoms with Crippen LogP contribution in [0.2, 0.25) is 0 Å². The van der Waals surface area contributed by atoms with Crippen molar-refractivity contribution in [2.45, 2.75) is 38.8 Å². The van der Waals surface area contributed by atoms with Crippen molar-refractivity contribution in [2.75, 3.05) is 33.5 Å². The van der Waals surface area contributed by atoms with Crippen LogP contribution in [0.4, 0.5) is 0 Å². The highest BCUT2D eigenvalue weighted by molar-refractivity contribution is 7.09. The molecule has 20 heavy (non-hydrogen) atoms. The Kier molecular flexibility index (Phi) is 8.97. The van der Waals surface area contributed by atoms with Gasteiger partial charge in [0.1, 0.15) is 0 Å². The molecule has 0 fully saturated rings. The number of thiazole rings is 1. The van der Waals surface area contributed by atoms with E-state index >= 15 is 0 Å². The van der Waals surface area contributed by atoms with Gasteiger partial charge in [0, 0.05) is 37.6 Å². The van der Waals surface area contributed by atoms with Gasteiger partial charge in [0.2, 0.25) is 0 Å². The van der Waals surface area contributed by atoms with Crippen LogP contribution >= 0.6 is 11.3 Å². The molecule has 0 radical (unpaired) electrons. The van der Waals surface area contributed by atoms with Crippen LogP contribution in [0, 0.1) is 6.92 Å². The molecule has 0 aliphatic carbocycles. The Hall–Kier alpha value is -0.530. The molecule has 0 aliphatic heterocycles. The van der Waals surface area contributed by atoms with Crippen molar-refractivity contribution >= 4 is 11.3 Å². The van der Waals surface area contributed by atoms with Crippen LogP contribution < -0.4 is 5.32 Å². The molecule has 1 aromatic heterocycles. The van der Waals surface area contributed by atoms with E-state index in [0.29, 0.717) is 25.8 Å². The number of aryl methyl sites for hydroxylation is 1. The van der Waals surface area contributed by atoms with Crippen molar-refractivity contribution in [3.05, 3.63) is 16.1 Å². The summed E-state index contributed by atoms with van der Waals surface area (Å²) >= 11 is 1.65. The molecule has 0 saturated heterocycles. The monoisotopic (exact) mass is 302 g/mol. The lowest BCUT2D eigenvalue weighted by molar-refractivity contribution is 0.0368. The number of aromatic nitrogens is 1. The van der Waals surface area contributed by atoms with E-state index in [-0.39, 0.29) is 0 Å². The van der Waals surface area contributed by atoms with Crippen LogP contribution in [-0.4, -0.2) is 55.7 Å². The van der Waals surface area contributed by atoms with Gasteiger partial charge in [-0.15, -0.1) is 11.3 Å². The largest absolute Gasteiger partial charge is 0.389 e. The fourth-order valence-corrected chi connectivity index (χ4v) is 2.51. The third kappa shape index (κ3) is 7.31. The van der Waals surface area contributed by atoms with Gasteiger partial charge in [-0.25, -0.2) is 4.98 Å². The van der Waals surface area contributed by atoms with Crippen LogP contribution in [0.25, 0.3) is 0 Å². The van der Waals surface area contributed by atoms with Gasteiger partial charge >= 0.3 is 0 Å². The zero-order valence-electron chi connectivity index (χ0n) is 12.6. The summed E-state index contributed by atoms with van der Waals surface area (Å²) < 4.78 is 10.5. The number of aliphatic hydroxyl groups excluding tert-OH is 1. The van der Waals surface area contributed by atoms with Gasteiger partial charge in [-0.2, -0.15) is 0 Å². The van der Waals surface area contributed by atoms with Crippen LogP contribution in [0.1, 0.15) is 23.9 Å². The molecule has 116 valence electrons. The fraction of sp³-hybridized carbons (Fsp3) is 0.786. The average Bonchev–Trinajstić information content (AvgIpc) is 2.84. The summed E-state index contributed by atoms with van der Waals surface area (Å²) in [7, 11) is 1.69. The third-order valence-electron chi connectivity index (χ3n) is 3.09. The van der Waals surface area contributed by atoms with Crippen molar-refractivity contribution in [1.82, 2.24) is 10.3 Å². The number of nitrogens with zero attached hydrogens (tertiary/aromatic N) is 1. The smallest absolute Gasteiger partial charge is 0.0897 e. The van der Waals surface area contributed by atoms with Crippen molar-refractivity contribution in [3.8, 4) is 0 Å². The molecule has 6 heteroatoms. The number of hydrogen-bond acceptors (Lipinski definition) is 6. The summed E-state index contributed by atoms with van der Waals surface area (Å²) in [5, 5.41) is 13.1. The van der Waals surface area contributed by atoms with Gasteiger partial charge in [-0.1, -0.05) is 0 Å². The number of nitrogens with one attached hydrogen (secondary N) is 1. The average molecular weight is 302 g/mol. The number of ether oxygens (including phenoxy) is 2. The summed E-state index contributed by atoms with van der Waals surface area (Å²) in [6.07, 6.45) is 1.33. The first-order chi connectivity index (χ1) is 9.63. The minimum atomic E-state index is -0.470. The number of aliphatic hydroxyl groups is 1. The molecule has 0 saturated carbocycles. The van der Waals surface area contributed by atoms with Crippen LogP contribution in [0.15, 0.2) is 5.51 Å². The maximum atomic E-state index is 9.81. The second kappa shape index (κ2) is 10.2. The molecule has 0 bridgehead atoms. The molecular weight excluding hydrogens is 276 g/mol. The predicted octanol–water partition coefficient (Wildman–Crippen LogP) is 1.39. The van der Waals surface area contributed by atoms with Gasteiger partial charge in [-0.3, -0.25) is 0 Å². The SMILES string of the molecule is COCCC(C)NCC(O)COCCc1scnc1C. The minimum Gasteiger partial charge on any atom is -0.389 e. The first kappa shape index (κ1) is 17.5. The van der Waals surface area contributed by atoms with Gasteiger partial charge < -0.3 is 19.9 Å². The van der Waals surface area contributed by atoms with Crippen LogP contribution in [0.3, 0.4) is 0 Å². The molecule has 5 nitrogen and oxygen atoms in total. The van der Waals surface area contributed by atoms with Crippen LogP contribution in [0.5, 0.6) is 0 Å². The first-order valence-corrected chi connectivity index (χ1v) is 7.88. The van der Waals surface area contributed by atoms with E-state index in [0.717, 1.165) is 25.1 Å². The normalized spacial score (nSPS) is 14.4. The number of methoxy groups -OCH3 is 1. The Labute approximate surface area is 125 Å². The highest BCUT2D eigenvalue weighted by Crippen LogP contribution is 2.12. The quantitative estimate of drug-likeness (QED) is 0.605. The van der Waals surface area contributed by atoms with E-state index in [1.165, 1.54) is 4.88 Å². The second-order valence-corrected chi connectivity index (χ2v) is 5.87. The van der Waals surface area contributed by atoms with Crippen molar-refractivity contribution in [2.24, 2.45) is 0 Å². The summed E-state index contributed by atoms with van der Waals surface area (Å²) in [5.41, 5.74) is 2.93. The Morgan fingerprint density at radius 3 is 2.90 bits per heavy atom. The van der Waals surface area contributed by atoms with Gasteiger partial charge in [0.05, 0.1) is 30.5 Å². The lowest BCUT2D eigenvalue weighted by atomic mass is 10.2. The van der Waals surface area contributed by atoms with E-state index in [9.17, 15) is 5.11 Å². The first-order valence-electron chi connectivity index (χ1n) is 7.00. The molecule has 0 aromatic carbocycles. The number of rotatable bonds is 11. The lowest BCUT2D eigenvalue weighted by Crippen LogP contribution is -2.36. The highest BCUT2D eigenvalue weighted by Gasteiger charge is 2.08. The van der Waals surface area contributed by atoms with E-state index in [1.54, 1.807) is 18.4 Å². The van der Waals surface area contributed by atoms with E-state index < -0.39 is 6.10 Å².